The molecule has 1 aromatic rings. The molecule has 2 saturated heterocycles. The van der Waals surface area contributed by atoms with Gasteiger partial charge in [-0.05, 0) is 38.5 Å². The minimum atomic E-state index is -0.250. The van der Waals surface area contributed by atoms with E-state index in [0.717, 1.165) is 11.3 Å². The lowest BCUT2D eigenvalue weighted by Gasteiger charge is -2.36. The van der Waals surface area contributed by atoms with Crippen molar-refractivity contribution in [2.75, 3.05) is 24.5 Å². The first-order chi connectivity index (χ1) is 10.9. The summed E-state index contributed by atoms with van der Waals surface area (Å²) in [5.41, 5.74) is 2.00. The Morgan fingerprint density at radius 3 is 2.52 bits per heavy atom. The van der Waals surface area contributed by atoms with Crippen LogP contribution in [0, 0.1) is 12.8 Å². The summed E-state index contributed by atoms with van der Waals surface area (Å²) < 4.78 is 5.68. The summed E-state index contributed by atoms with van der Waals surface area (Å²) in [5, 5.41) is 0. The van der Waals surface area contributed by atoms with Crippen molar-refractivity contribution in [2.45, 2.75) is 39.4 Å². The zero-order valence-electron chi connectivity index (χ0n) is 14.0. The van der Waals surface area contributed by atoms with E-state index in [2.05, 4.69) is 0 Å². The van der Waals surface area contributed by atoms with E-state index in [1.54, 1.807) is 4.90 Å². The fourth-order valence-corrected chi connectivity index (χ4v) is 3.53. The average Bonchev–Trinajstić information content (AvgIpc) is 2.87. The van der Waals surface area contributed by atoms with E-state index in [4.69, 9.17) is 4.74 Å². The maximum absolute atomic E-state index is 12.8. The Balaban J connectivity index is 1.70. The third kappa shape index (κ3) is 3.39. The largest absolute Gasteiger partial charge is 0.372 e. The van der Waals surface area contributed by atoms with E-state index < -0.39 is 0 Å². The molecular formula is C18H24N2O3. The molecular weight excluding hydrogens is 292 g/mol. The van der Waals surface area contributed by atoms with Gasteiger partial charge >= 0.3 is 0 Å². The lowest BCUT2D eigenvalue weighted by Crippen LogP contribution is -2.50. The normalized spacial score (nSPS) is 28.3. The molecule has 2 heterocycles. The summed E-state index contributed by atoms with van der Waals surface area (Å²) in [4.78, 5) is 28.7. The number of rotatable bonds is 2. The number of hydrogen-bond acceptors (Lipinski definition) is 3. The summed E-state index contributed by atoms with van der Waals surface area (Å²) in [7, 11) is 0. The number of morpholine rings is 1. The highest BCUT2D eigenvalue weighted by Gasteiger charge is 2.38. The van der Waals surface area contributed by atoms with Gasteiger partial charge in [0.25, 0.3) is 0 Å². The first-order valence-electron chi connectivity index (χ1n) is 8.25. The molecule has 0 aromatic heterocycles. The molecule has 3 rings (SSSR count). The fraction of sp³-hybridized carbons (Fsp3) is 0.556. The molecule has 0 radical (unpaired) electrons. The van der Waals surface area contributed by atoms with Gasteiger partial charge in [0, 0.05) is 31.7 Å². The summed E-state index contributed by atoms with van der Waals surface area (Å²) in [6.45, 7) is 7.66. The van der Waals surface area contributed by atoms with Crippen molar-refractivity contribution in [2.24, 2.45) is 5.92 Å². The monoisotopic (exact) mass is 316 g/mol. The van der Waals surface area contributed by atoms with E-state index in [0.29, 0.717) is 26.1 Å². The van der Waals surface area contributed by atoms with Gasteiger partial charge in [0.2, 0.25) is 11.8 Å². The molecule has 3 atom stereocenters. The Hall–Kier alpha value is -1.88. The Morgan fingerprint density at radius 2 is 1.87 bits per heavy atom. The summed E-state index contributed by atoms with van der Waals surface area (Å²) in [6.07, 6.45) is 0.396. The smallest absolute Gasteiger partial charge is 0.228 e. The van der Waals surface area contributed by atoms with Gasteiger partial charge < -0.3 is 14.5 Å². The number of hydrogen-bond donors (Lipinski definition) is 0. The first-order valence-corrected chi connectivity index (χ1v) is 8.25. The number of aryl methyl sites for hydroxylation is 1. The highest BCUT2D eigenvalue weighted by atomic mass is 16.5. The van der Waals surface area contributed by atoms with Crippen molar-refractivity contribution in [1.82, 2.24) is 4.90 Å². The standard InChI is InChI=1S/C18H24N2O3/c1-12-5-4-6-16(7-12)20-11-15(8-17(20)21)18(22)19-9-13(2)23-14(3)10-19/h4-7,13-15H,8-11H2,1-3H3/t13-,14+,15-/m0/s1. The number of carbonyl (C=O) groups excluding carboxylic acids is 2. The van der Waals surface area contributed by atoms with E-state index >= 15 is 0 Å². The van der Waals surface area contributed by atoms with Gasteiger partial charge in [-0.15, -0.1) is 0 Å². The van der Waals surface area contributed by atoms with Gasteiger partial charge in [0.05, 0.1) is 18.1 Å². The number of anilines is 1. The molecule has 2 amide bonds. The molecule has 2 fully saturated rings. The quantitative estimate of drug-likeness (QED) is 0.838. The predicted octanol–water partition coefficient (Wildman–Crippen LogP) is 1.98. The van der Waals surface area contributed by atoms with Crippen LogP contribution in [0.2, 0.25) is 0 Å². The third-order valence-corrected chi connectivity index (χ3v) is 4.52. The average molecular weight is 316 g/mol. The molecule has 1 aromatic carbocycles. The van der Waals surface area contributed by atoms with Crippen LogP contribution in [0.4, 0.5) is 5.69 Å². The van der Waals surface area contributed by atoms with Crippen LogP contribution in [0.15, 0.2) is 24.3 Å². The fourth-order valence-electron chi connectivity index (χ4n) is 3.53. The van der Waals surface area contributed by atoms with Gasteiger partial charge in [-0.3, -0.25) is 9.59 Å². The van der Waals surface area contributed by atoms with Crippen LogP contribution in [-0.4, -0.2) is 48.6 Å². The van der Waals surface area contributed by atoms with E-state index in [1.807, 2.05) is 49.9 Å². The first kappa shape index (κ1) is 16.0. The van der Waals surface area contributed by atoms with Crippen molar-refractivity contribution >= 4 is 17.5 Å². The molecule has 0 bridgehead atoms. The Morgan fingerprint density at radius 1 is 1.17 bits per heavy atom. The maximum Gasteiger partial charge on any atom is 0.228 e. The van der Waals surface area contributed by atoms with Crippen molar-refractivity contribution < 1.29 is 14.3 Å². The van der Waals surface area contributed by atoms with Gasteiger partial charge in [-0.25, -0.2) is 0 Å². The molecule has 0 N–H and O–H groups in total. The minimum absolute atomic E-state index is 0.0308. The number of ether oxygens (including phenoxy) is 1. The third-order valence-electron chi connectivity index (χ3n) is 4.52. The number of nitrogens with zero attached hydrogens (tertiary/aromatic N) is 2. The van der Waals surface area contributed by atoms with Crippen molar-refractivity contribution in [1.29, 1.82) is 0 Å². The molecule has 0 aliphatic carbocycles. The second-order valence-electron chi connectivity index (χ2n) is 6.74. The Bertz CT molecular complexity index is 606. The van der Waals surface area contributed by atoms with Gasteiger partial charge in [-0.2, -0.15) is 0 Å². The van der Waals surface area contributed by atoms with Gasteiger partial charge in [0.15, 0.2) is 0 Å². The molecule has 23 heavy (non-hydrogen) atoms. The highest BCUT2D eigenvalue weighted by molar-refractivity contribution is 6.00. The van der Waals surface area contributed by atoms with Gasteiger partial charge in [0.1, 0.15) is 0 Å². The summed E-state index contributed by atoms with van der Waals surface area (Å²) >= 11 is 0. The molecule has 0 unspecified atom stereocenters. The van der Waals surface area contributed by atoms with Crippen LogP contribution in [0.3, 0.4) is 0 Å². The van der Waals surface area contributed by atoms with Crippen LogP contribution < -0.4 is 4.90 Å². The molecule has 124 valence electrons. The van der Waals surface area contributed by atoms with Crippen LogP contribution >= 0.6 is 0 Å². The lowest BCUT2D eigenvalue weighted by atomic mass is 10.1. The predicted molar refractivity (Wildman–Crippen MR) is 88.2 cm³/mol. The van der Waals surface area contributed by atoms with Crippen LogP contribution in [0.1, 0.15) is 25.8 Å². The van der Waals surface area contributed by atoms with Crippen LogP contribution in [0.5, 0.6) is 0 Å². The molecule has 0 spiro atoms. The molecule has 5 nitrogen and oxygen atoms in total. The van der Waals surface area contributed by atoms with Crippen molar-refractivity contribution in [3.05, 3.63) is 29.8 Å². The topological polar surface area (TPSA) is 49.9 Å². The Labute approximate surface area is 137 Å². The van der Waals surface area contributed by atoms with Crippen LogP contribution in [0.25, 0.3) is 0 Å². The number of benzene rings is 1. The SMILES string of the molecule is Cc1cccc(N2C[C@@H](C(=O)N3C[C@@H](C)O[C@@H](C)C3)CC2=O)c1. The molecule has 0 saturated carbocycles. The van der Waals surface area contributed by atoms with E-state index in [-0.39, 0.29) is 29.9 Å². The van der Waals surface area contributed by atoms with Crippen LogP contribution in [-0.2, 0) is 14.3 Å². The number of amides is 2. The highest BCUT2D eigenvalue weighted by Crippen LogP contribution is 2.27. The van der Waals surface area contributed by atoms with E-state index in [1.165, 1.54) is 0 Å². The van der Waals surface area contributed by atoms with E-state index in [9.17, 15) is 9.59 Å². The molecule has 2 aliphatic rings. The zero-order chi connectivity index (χ0) is 16.6. The zero-order valence-corrected chi connectivity index (χ0v) is 14.0. The second kappa shape index (κ2) is 6.32. The summed E-state index contributed by atoms with van der Waals surface area (Å²) in [5.74, 6) is -0.140. The minimum Gasteiger partial charge on any atom is -0.372 e. The van der Waals surface area contributed by atoms with Gasteiger partial charge in [-0.1, -0.05) is 12.1 Å². The maximum atomic E-state index is 12.8. The Kier molecular flexibility index (Phi) is 4.39. The summed E-state index contributed by atoms with van der Waals surface area (Å²) in [6, 6.07) is 7.86. The molecule has 2 aliphatic heterocycles. The molecule has 5 heteroatoms. The number of carbonyl (C=O) groups is 2. The van der Waals surface area contributed by atoms with Crippen molar-refractivity contribution in [3.8, 4) is 0 Å². The second-order valence-corrected chi connectivity index (χ2v) is 6.74. The van der Waals surface area contributed by atoms with Crippen molar-refractivity contribution in [3.63, 3.8) is 0 Å². The lowest BCUT2D eigenvalue weighted by molar-refractivity contribution is -0.147.